The molecule has 20 heavy (non-hydrogen) atoms. The highest BCUT2D eigenvalue weighted by molar-refractivity contribution is 5.34. The third-order valence-electron chi connectivity index (χ3n) is 2.13. The third-order valence-corrected chi connectivity index (χ3v) is 2.13. The summed E-state index contributed by atoms with van der Waals surface area (Å²) in [5, 5.41) is 0. The molecule has 0 unspecified atom stereocenters. The molecule has 1 heterocycles. The molecule has 0 saturated heterocycles. The van der Waals surface area contributed by atoms with E-state index >= 15 is 0 Å². The molecule has 0 spiro atoms. The molecule has 0 fully saturated rings. The van der Waals surface area contributed by atoms with Crippen LogP contribution in [0.25, 0.3) is 5.69 Å². The quantitative estimate of drug-likeness (QED) is 0.702. The zero-order chi connectivity index (χ0) is 15.7. The number of hydrogen-bond acceptors (Lipinski definition) is 1. The first-order valence-electron chi connectivity index (χ1n) is 6.97. The van der Waals surface area contributed by atoms with Gasteiger partial charge < -0.3 is 4.57 Å². The fraction of sp³-hybridized carbons (Fsp3) is 0.438. The largest absolute Gasteiger partial charge is 0.304 e. The zero-order valence-corrected chi connectivity index (χ0v) is 13.2. The highest BCUT2D eigenvalue weighted by atomic mass is 19.1. The second kappa shape index (κ2) is 9.23. The summed E-state index contributed by atoms with van der Waals surface area (Å²) in [6.07, 6.45) is 2.99. The van der Waals surface area contributed by atoms with Gasteiger partial charge in [-0.1, -0.05) is 34.1 Å². The van der Waals surface area contributed by atoms with Gasteiger partial charge >= 0.3 is 0 Å². The van der Waals surface area contributed by atoms with Crippen LogP contribution in [-0.2, 0) is 0 Å². The molecular weight excluding hydrogens is 258 g/mol. The maximum absolute atomic E-state index is 13.0. The Bertz CT molecular complexity index is 499. The summed E-state index contributed by atoms with van der Waals surface area (Å²) < 4.78 is 27.6. The van der Waals surface area contributed by atoms with Crippen molar-refractivity contribution in [2.45, 2.75) is 48.0 Å². The molecule has 2 nitrogen and oxygen atoms in total. The normalized spacial score (nSPS) is 9.20. The molecule has 0 bridgehead atoms. The second-order valence-electron chi connectivity index (χ2n) is 4.13. The monoisotopic (exact) mass is 282 g/mol. The van der Waals surface area contributed by atoms with Crippen LogP contribution in [0.15, 0.2) is 24.4 Å². The summed E-state index contributed by atoms with van der Waals surface area (Å²) in [6, 6.07) is 3.40. The molecule has 0 saturated carbocycles. The van der Waals surface area contributed by atoms with Crippen LogP contribution < -0.4 is 0 Å². The van der Waals surface area contributed by atoms with Gasteiger partial charge in [-0.05, 0) is 26.0 Å². The second-order valence-corrected chi connectivity index (χ2v) is 4.13. The van der Waals surface area contributed by atoms with E-state index in [1.807, 2.05) is 20.8 Å². The summed E-state index contributed by atoms with van der Waals surface area (Å²) >= 11 is 0. The lowest BCUT2D eigenvalue weighted by Crippen LogP contribution is -1.97. The molecule has 1 aromatic carbocycles. The molecule has 0 aliphatic carbocycles. The Labute approximate surface area is 120 Å². The maximum Gasteiger partial charge on any atom is 0.128 e. The molecule has 0 N–H and O–H groups in total. The topological polar surface area (TPSA) is 17.8 Å². The predicted octanol–water partition coefficient (Wildman–Crippen LogP) is 5.21. The fourth-order valence-electron chi connectivity index (χ4n) is 1.56. The highest BCUT2D eigenvalue weighted by Gasteiger charge is 2.06. The van der Waals surface area contributed by atoms with Crippen LogP contribution in [0.4, 0.5) is 8.78 Å². The van der Waals surface area contributed by atoms with Gasteiger partial charge in [0.25, 0.3) is 0 Å². The third kappa shape index (κ3) is 5.51. The zero-order valence-electron chi connectivity index (χ0n) is 13.2. The van der Waals surface area contributed by atoms with Gasteiger partial charge in [0.2, 0.25) is 0 Å². The van der Waals surface area contributed by atoms with Crippen molar-refractivity contribution in [3.05, 3.63) is 47.5 Å². The number of rotatable bonds is 1. The van der Waals surface area contributed by atoms with Gasteiger partial charge in [0.05, 0.1) is 11.4 Å². The van der Waals surface area contributed by atoms with E-state index in [4.69, 9.17) is 0 Å². The van der Waals surface area contributed by atoms with E-state index in [2.05, 4.69) is 18.8 Å². The van der Waals surface area contributed by atoms with E-state index < -0.39 is 11.6 Å². The predicted molar refractivity (Wildman–Crippen MR) is 80.3 cm³/mol. The van der Waals surface area contributed by atoms with Gasteiger partial charge in [0, 0.05) is 12.3 Å². The first-order chi connectivity index (χ1) is 9.47. The Morgan fingerprint density at radius 3 is 1.80 bits per heavy atom. The first-order valence-corrected chi connectivity index (χ1v) is 6.97. The van der Waals surface area contributed by atoms with Gasteiger partial charge in [-0.15, -0.1) is 0 Å². The molecule has 0 atom stereocenters. The number of aryl methyl sites for hydroxylation is 2. The van der Waals surface area contributed by atoms with Gasteiger partial charge in [-0.25, -0.2) is 13.8 Å². The van der Waals surface area contributed by atoms with Crippen LogP contribution in [0, 0.1) is 25.5 Å². The lowest BCUT2D eigenvalue weighted by molar-refractivity contribution is 0.581. The summed E-state index contributed by atoms with van der Waals surface area (Å²) in [5.41, 5.74) is 1.27. The van der Waals surface area contributed by atoms with Crippen molar-refractivity contribution in [1.29, 1.82) is 0 Å². The number of imidazole rings is 1. The highest BCUT2D eigenvalue weighted by Crippen LogP contribution is 2.15. The lowest BCUT2D eigenvalue weighted by Gasteiger charge is -2.04. The van der Waals surface area contributed by atoms with Gasteiger partial charge in [0.15, 0.2) is 0 Å². The molecule has 0 radical (unpaired) electrons. The number of halogens is 2. The number of hydrogen-bond donors (Lipinski definition) is 0. The first kappa shape index (κ1) is 18.3. The Kier molecular flexibility index (Phi) is 8.45. The maximum atomic E-state index is 13.0. The van der Waals surface area contributed by atoms with E-state index in [0.29, 0.717) is 11.5 Å². The fourth-order valence-corrected chi connectivity index (χ4v) is 1.56. The minimum Gasteiger partial charge on any atom is -0.304 e. The van der Waals surface area contributed by atoms with Gasteiger partial charge in [0.1, 0.15) is 17.5 Å². The standard InChI is InChI=1S/C11H10F2N2.C3H8.C2H6/c1-7-6-15(8(2)14-7)11-4-9(12)3-10(13)5-11;1-3-2;1-2/h3-6H,1-2H3;3H2,1-2H3;1-2H3. The summed E-state index contributed by atoms with van der Waals surface area (Å²) in [5.74, 6) is -0.469. The Balaban J connectivity index is 0.000000641. The van der Waals surface area contributed by atoms with Crippen molar-refractivity contribution in [1.82, 2.24) is 9.55 Å². The Morgan fingerprint density at radius 1 is 1.00 bits per heavy atom. The summed E-state index contributed by atoms with van der Waals surface area (Å²) in [7, 11) is 0. The molecular formula is C16H24F2N2. The average molecular weight is 282 g/mol. The Morgan fingerprint density at radius 2 is 1.45 bits per heavy atom. The molecule has 4 heteroatoms. The average Bonchev–Trinajstić information content (AvgIpc) is 2.71. The number of aromatic nitrogens is 2. The van der Waals surface area contributed by atoms with Crippen molar-refractivity contribution >= 4 is 0 Å². The molecule has 0 amide bonds. The molecule has 2 aromatic rings. The lowest BCUT2D eigenvalue weighted by atomic mass is 10.3. The molecule has 112 valence electrons. The summed E-state index contributed by atoms with van der Waals surface area (Å²) in [6.45, 7) is 11.9. The van der Waals surface area contributed by atoms with E-state index in [1.54, 1.807) is 17.7 Å². The van der Waals surface area contributed by atoms with Gasteiger partial charge in [-0.3, -0.25) is 0 Å². The van der Waals surface area contributed by atoms with E-state index in [0.717, 1.165) is 11.8 Å². The Hall–Kier alpha value is -1.71. The van der Waals surface area contributed by atoms with Crippen LogP contribution in [0.2, 0.25) is 0 Å². The van der Waals surface area contributed by atoms with Gasteiger partial charge in [-0.2, -0.15) is 0 Å². The minimum atomic E-state index is -0.587. The van der Waals surface area contributed by atoms with E-state index in [-0.39, 0.29) is 0 Å². The van der Waals surface area contributed by atoms with Crippen LogP contribution in [-0.4, -0.2) is 9.55 Å². The van der Waals surface area contributed by atoms with Crippen molar-refractivity contribution in [3.8, 4) is 5.69 Å². The summed E-state index contributed by atoms with van der Waals surface area (Å²) in [4.78, 5) is 4.16. The van der Waals surface area contributed by atoms with Crippen molar-refractivity contribution < 1.29 is 8.78 Å². The number of nitrogens with zero attached hydrogens (tertiary/aromatic N) is 2. The van der Waals surface area contributed by atoms with Crippen molar-refractivity contribution in [2.75, 3.05) is 0 Å². The SMILES string of the molecule is CC.CCC.Cc1cn(-c2cc(F)cc(F)c2)c(C)n1. The minimum absolute atomic E-state index is 0.450. The van der Waals surface area contributed by atoms with Crippen LogP contribution in [0.1, 0.15) is 45.6 Å². The molecule has 1 aromatic heterocycles. The van der Waals surface area contributed by atoms with E-state index in [1.165, 1.54) is 18.6 Å². The molecule has 2 rings (SSSR count). The van der Waals surface area contributed by atoms with Crippen LogP contribution >= 0.6 is 0 Å². The molecule has 0 aliphatic heterocycles. The van der Waals surface area contributed by atoms with Crippen molar-refractivity contribution in [2.24, 2.45) is 0 Å². The van der Waals surface area contributed by atoms with E-state index in [9.17, 15) is 8.78 Å². The van der Waals surface area contributed by atoms with Crippen molar-refractivity contribution in [3.63, 3.8) is 0 Å². The van der Waals surface area contributed by atoms with Crippen LogP contribution in [0.3, 0.4) is 0 Å². The molecule has 0 aliphatic rings. The number of benzene rings is 1. The smallest absolute Gasteiger partial charge is 0.128 e. The van der Waals surface area contributed by atoms with Crippen LogP contribution in [0.5, 0.6) is 0 Å².